The molecular weight excluding hydrogens is 144 g/mol. The molecule has 0 aromatic heterocycles. The third-order valence-electron chi connectivity index (χ3n) is 3.10. The molecule has 2 rings (SSSR count). The van der Waals surface area contributed by atoms with Crippen molar-refractivity contribution in [1.29, 1.82) is 0 Å². The SMILES string of the molecule is C1=CCC2=C(C1)CCCCCC2. The summed E-state index contributed by atoms with van der Waals surface area (Å²) in [5, 5.41) is 0. The van der Waals surface area contributed by atoms with Gasteiger partial charge >= 0.3 is 0 Å². The van der Waals surface area contributed by atoms with Gasteiger partial charge in [-0.05, 0) is 38.5 Å². The molecule has 2 aliphatic carbocycles. The molecule has 0 fully saturated rings. The highest BCUT2D eigenvalue weighted by Crippen LogP contribution is 2.30. The van der Waals surface area contributed by atoms with Gasteiger partial charge in [0.05, 0.1) is 0 Å². The zero-order valence-corrected chi connectivity index (χ0v) is 7.81. The number of rotatable bonds is 0. The Morgan fingerprint density at radius 3 is 1.67 bits per heavy atom. The monoisotopic (exact) mass is 162 g/mol. The van der Waals surface area contributed by atoms with Crippen LogP contribution in [0.1, 0.15) is 51.4 Å². The Bertz CT molecular complexity index is 186. The second kappa shape index (κ2) is 3.93. The topological polar surface area (TPSA) is 0 Å². The average molecular weight is 162 g/mol. The van der Waals surface area contributed by atoms with Gasteiger partial charge < -0.3 is 0 Å². The van der Waals surface area contributed by atoms with Crippen molar-refractivity contribution in [3.63, 3.8) is 0 Å². The highest BCUT2D eigenvalue weighted by atomic mass is 14.2. The van der Waals surface area contributed by atoms with Crippen molar-refractivity contribution in [2.24, 2.45) is 0 Å². The van der Waals surface area contributed by atoms with Gasteiger partial charge in [0, 0.05) is 0 Å². The molecule has 2 aliphatic rings. The van der Waals surface area contributed by atoms with E-state index in [1.165, 1.54) is 51.4 Å². The van der Waals surface area contributed by atoms with Crippen molar-refractivity contribution in [1.82, 2.24) is 0 Å². The maximum atomic E-state index is 2.35. The van der Waals surface area contributed by atoms with E-state index in [0.717, 1.165) is 0 Å². The summed E-state index contributed by atoms with van der Waals surface area (Å²) < 4.78 is 0. The van der Waals surface area contributed by atoms with Crippen LogP contribution in [0.3, 0.4) is 0 Å². The van der Waals surface area contributed by atoms with E-state index < -0.39 is 0 Å². The van der Waals surface area contributed by atoms with Crippen molar-refractivity contribution in [2.45, 2.75) is 51.4 Å². The van der Waals surface area contributed by atoms with Crippen LogP contribution in [0.5, 0.6) is 0 Å². The fourth-order valence-corrected chi connectivity index (χ4v) is 2.33. The van der Waals surface area contributed by atoms with Crippen molar-refractivity contribution in [3.8, 4) is 0 Å². The molecule has 12 heavy (non-hydrogen) atoms. The molecule has 0 heterocycles. The molecule has 0 atom stereocenters. The molecule has 0 saturated heterocycles. The van der Waals surface area contributed by atoms with Crippen LogP contribution in [0.2, 0.25) is 0 Å². The number of allylic oxidation sites excluding steroid dienone is 4. The molecule has 0 spiro atoms. The van der Waals surface area contributed by atoms with Crippen molar-refractivity contribution in [2.75, 3.05) is 0 Å². The first-order valence-corrected chi connectivity index (χ1v) is 5.31. The Morgan fingerprint density at radius 1 is 0.667 bits per heavy atom. The summed E-state index contributed by atoms with van der Waals surface area (Å²) in [6.07, 6.45) is 15.8. The molecular formula is C12H18. The fraction of sp³-hybridized carbons (Fsp3) is 0.667. The summed E-state index contributed by atoms with van der Waals surface area (Å²) in [4.78, 5) is 0. The van der Waals surface area contributed by atoms with Crippen LogP contribution in [0, 0.1) is 0 Å². The molecule has 0 amide bonds. The molecule has 66 valence electrons. The fourth-order valence-electron chi connectivity index (χ4n) is 2.33. The van der Waals surface area contributed by atoms with Crippen molar-refractivity contribution >= 4 is 0 Å². The zero-order chi connectivity index (χ0) is 8.23. The smallest absolute Gasteiger partial charge is 0.0136 e. The maximum Gasteiger partial charge on any atom is -0.0136 e. The van der Waals surface area contributed by atoms with Gasteiger partial charge in [0.15, 0.2) is 0 Å². The van der Waals surface area contributed by atoms with E-state index in [0.29, 0.717) is 0 Å². The zero-order valence-electron chi connectivity index (χ0n) is 7.81. The Morgan fingerprint density at radius 2 is 1.17 bits per heavy atom. The van der Waals surface area contributed by atoms with Gasteiger partial charge in [-0.2, -0.15) is 0 Å². The van der Waals surface area contributed by atoms with Gasteiger partial charge in [0.1, 0.15) is 0 Å². The van der Waals surface area contributed by atoms with Crippen molar-refractivity contribution in [3.05, 3.63) is 23.3 Å². The van der Waals surface area contributed by atoms with Crippen LogP contribution in [0.4, 0.5) is 0 Å². The Labute approximate surface area is 75.4 Å². The summed E-state index contributed by atoms with van der Waals surface area (Å²) in [7, 11) is 0. The first-order chi connectivity index (χ1) is 5.97. The predicted octanol–water partition coefficient (Wildman–Crippen LogP) is 3.99. The molecule has 0 N–H and O–H groups in total. The molecule has 0 aromatic carbocycles. The van der Waals surface area contributed by atoms with Crippen LogP contribution in [0.25, 0.3) is 0 Å². The molecule has 0 saturated carbocycles. The van der Waals surface area contributed by atoms with E-state index in [-0.39, 0.29) is 0 Å². The van der Waals surface area contributed by atoms with Crippen LogP contribution >= 0.6 is 0 Å². The summed E-state index contributed by atoms with van der Waals surface area (Å²) in [5.41, 5.74) is 3.55. The third-order valence-corrected chi connectivity index (χ3v) is 3.10. The van der Waals surface area contributed by atoms with Gasteiger partial charge in [0.2, 0.25) is 0 Å². The lowest BCUT2D eigenvalue weighted by Gasteiger charge is -2.19. The molecule has 0 heteroatoms. The van der Waals surface area contributed by atoms with Gasteiger partial charge in [0.25, 0.3) is 0 Å². The van der Waals surface area contributed by atoms with E-state index in [9.17, 15) is 0 Å². The molecule has 0 aromatic rings. The molecule has 0 unspecified atom stereocenters. The highest BCUT2D eigenvalue weighted by molar-refractivity contribution is 5.24. The Balaban J connectivity index is 2.07. The van der Waals surface area contributed by atoms with Crippen molar-refractivity contribution < 1.29 is 0 Å². The van der Waals surface area contributed by atoms with Gasteiger partial charge in [-0.25, -0.2) is 0 Å². The van der Waals surface area contributed by atoms with E-state index in [1.54, 1.807) is 11.1 Å². The summed E-state index contributed by atoms with van der Waals surface area (Å²) in [6.45, 7) is 0. The van der Waals surface area contributed by atoms with E-state index in [4.69, 9.17) is 0 Å². The van der Waals surface area contributed by atoms with Gasteiger partial charge in [-0.1, -0.05) is 36.1 Å². The van der Waals surface area contributed by atoms with E-state index >= 15 is 0 Å². The lowest BCUT2D eigenvalue weighted by atomic mass is 9.87. The van der Waals surface area contributed by atoms with E-state index in [1.807, 2.05) is 0 Å². The third kappa shape index (κ3) is 1.80. The largest absolute Gasteiger partial charge is 0.0841 e. The molecule has 0 aliphatic heterocycles. The summed E-state index contributed by atoms with van der Waals surface area (Å²) in [6, 6.07) is 0. The van der Waals surface area contributed by atoms with Crippen LogP contribution in [-0.2, 0) is 0 Å². The Hall–Kier alpha value is -0.520. The predicted molar refractivity (Wildman–Crippen MR) is 53.1 cm³/mol. The average Bonchev–Trinajstić information content (AvgIpc) is 2.06. The highest BCUT2D eigenvalue weighted by Gasteiger charge is 2.10. The quantitative estimate of drug-likeness (QED) is 0.472. The summed E-state index contributed by atoms with van der Waals surface area (Å²) >= 11 is 0. The standard InChI is InChI=1S/C12H18/c1-2-4-8-12-10-6-5-9-11(12)7-3-1/h5-6H,1-4,7-10H2. The lowest BCUT2D eigenvalue weighted by Crippen LogP contribution is -1.99. The van der Waals surface area contributed by atoms with E-state index in [2.05, 4.69) is 12.2 Å². The second-order valence-electron chi connectivity index (χ2n) is 4.00. The first-order valence-electron chi connectivity index (χ1n) is 5.31. The number of hydrogen-bond donors (Lipinski definition) is 0. The minimum absolute atomic E-state index is 1.26. The van der Waals surface area contributed by atoms with Crippen LogP contribution < -0.4 is 0 Å². The van der Waals surface area contributed by atoms with Gasteiger partial charge in [-0.15, -0.1) is 0 Å². The summed E-state index contributed by atoms with van der Waals surface area (Å²) in [5.74, 6) is 0. The minimum Gasteiger partial charge on any atom is -0.0841 e. The normalized spacial score (nSPS) is 24.7. The van der Waals surface area contributed by atoms with Crippen LogP contribution in [0.15, 0.2) is 23.3 Å². The lowest BCUT2D eigenvalue weighted by molar-refractivity contribution is 0.598. The maximum absolute atomic E-state index is 2.35. The molecule has 0 radical (unpaired) electrons. The Kier molecular flexibility index (Phi) is 2.65. The second-order valence-corrected chi connectivity index (χ2v) is 4.00. The molecule has 0 bridgehead atoms. The van der Waals surface area contributed by atoms with Gasteiger partial charge in [-0.3, -0.25) is 0 Å². The molecule has 0 nitrogen and oxygen atoms in total. The first kappa shape index (κ1) is 8.10. The minimum atomic E-state index is 1.26. The number of hydrogen-bond acceptors (Lipinski definition) is 0. The van der Waals surface area contributed by atoms with Crippen LogP contribution in [-0.4, -0.2) is 0 Å².